The number of amides is 1. The number of carbonyl (C=O) groups is 1. The van der Waals surface area contributed by atoms with E-state index < -0.39 is 5.91 Å². The standard InChI is InChI=1S/C12H20BrN5O3/c1-17(2)4-5-18-12(20)11(13)9(7-16-18)15-3-6-21-8-10(14)19/h7,15H,3-6,8H2,1-2H3,(H2,14,19). The molecule has 0 aliphatic carbocycles. The fraction of sp³-hybridized carbons (Fsp3) is 0.583. The summed E-state index contributed by atoms with van der Waals surface area (Å²) in [6, 6.07) is 0. The van der Waals surface area contributed by atoms with Crippen molar-refractivity contribution in [2.75, 3.05) is 45.7 Å². The maximum absolute atomic E-state index is 12.1. The van der Waals surface area contributed by atoms with E-state index in [0.29, 0.717) is 29.9 Å². The fourth-order valence-corrected chi connectivity index (χ4v) is 1.92. The van der Waals surface area contributed by atoms with Crippen molar-refractivity contribution in [2.24, 2.45) is 5.73 Å². The number of nitrogens with one attached hydrogen (secondary N) is 1. The number of halogens is 1. The van der Waals surface area contributed by atoms with Gasteiger partial charge in [0.2, 0.25) is 5.91 Å². The highest BCUT2D eigenvalue weighted by Crippen LogP contribution is 2.15. The largest absolute Gasteiger partial charge is 0.380 e. The molecule has 0 unspecified atom stereocenters. The first-order chi connectivity index (χ1) is 9.91. The van der Waals surface area contributed by atoms with E-state index in [0.717, 1.165) is 6.54 Å². The Morgan fingerprint density at radius 2 is 2.29 bits per heavy atom. The Balaban J connectivity index is 2.55. The van der Waals surface area contributed by atoms with Gasteiger partial charge in [-0.2, -0.15) is 5.10 Å². The molecular weight excluding hydrogens is 342 g/mol. The lowest BCUT2D eigenvalue weighted by Gasteiger charge is -2.12. The molecule has 0 aromatic carbocycles. The third-order valence-corrected chi connectivity index (χ3v) is 3.32. The maximum Gasteiger partial charge on any atom is 0.283 e. The second-order valence-electron chi connectivity index (χ2n) is 4.65. The van der Waals surface area contributed by atoms with Gasteiger partial charge in [-0.05, 0) is 30.0 Å². The Bertz CT molecular complexity index is 532. The predicted molar refractivity (Wildman–Crippen MR) is 83.3 cm³/mol. The van der Waals surface area contributed by atoms with Crippen molar-refractivity contribution in [1.29, 1.82) is 0 Å². The molecule has 0 saturated heterocycles. The van der Waals surface area contributed by atoms with E-state index in [1.54, 1.807) is 6.20 Å². The Morgan fingerprint density at radius 3 is 2.90 bits per heavy atom. The van der Waals surface area contributed by atoms with Crippen molar-refractivity contribution in [1.82, 2.24) is 14.7 Å². The highest BCUT2D eigenvalue weighted by atomic mass is 79.9. The van der Waals surface area contributed by atoms with Crippen LogP contribution in [0.5, 0.6) is 0 Å². The van der Waals surface area contributed by atoms with Gasteiger partial charge >= 0.3 is 0 Å². The highest BCUT2D eigenvalue weighted by molar-refractivity contribution is 9.10. The maximum atomic E-state index is 12.1. The van der Waals surface area contributed by atoms with Crippen LogP contribution in [-0.2, 0) is 16.1 Å². The van der Waals surface area contributed by atoms with Gasteiger partial charge in [0, 0.05) is 13.1 Å². The molecule has 0 radical (unpaired) electrons. The number of nitrogens with zero attached hydrogens (tertiary/aromatic N) is 3. The van der Waals surface area contributed by atoms with Gasteiger partial charge in [-0.1, -0.05) is 0 Å². The van der Waals surface area contributed by atoms with Gasteiger partial charge in [0.25, 0.3) is 5.56 Å². The van der Waals surface area contributed by atoms with E-state index in [4.69, 9.17) is 10.5 Å². The van der Waals surface area contributed by atoms with Crippen molar-refractivity contribution < 1.29 is 9.53 Å². The average Bonchev–Trinajstić information content (AvgIpc) is 2.41. The lowest BCUT2D eigenvalue weighted by molar-refractivity contribution is -0.122. The molecule has 1 heterocycles. The van der Waals surface area contributed by atoms with E-state index in [2.05, 4.69) is 26.3 Å². The SMILES string of the molecule is CN(C)CCn1ncc(NCCOCC(N)=O)c(Br)c1=O. The Kier molecular flexibility index (Phi) is 7.34. The van der Waals surface area contributed by atoms with Gasteiger partial charge in [0.1, 0.15) is 11.1 Å². The second kappa shape index (κ2) is 8.75. The van der Waals surface area contributed by atoms with Crippen molar-refractivity contribution in [2.45, 2.75) is 6.54 Å². The zero-order chi connectivity index (χ0) is 15.8. The molecule has 118 valence electrons. The summed E-state index contributed by atoms with van der Waals surface area (Å²) in [5.74, 6) is -0.513. The van der Waals surface area contributed by atoms with Crippen LogP contribution in [0.4, 0.5) is 5.69 Å². The fourth-order valence-electron chi connectivity index (χ4n) is 1.47. The van der Waals surface area contributed by atoms with Crippen LogP contribution < -0.4 is 16.6 Å². The van der Waals surface area contributed by atoms with Crippen LogP contribution in [0.2, 0.25) is 0 Å². The summed E-state index contributed by atoms with van der Waals surface area (Å²) in [6.07, 6.45) is 1.58. The van der Waals surface area contributed by atoms with Crippen LogP contribution in [0, 0.1) is 0 Å². The van der Waals surface area contributed by atoms with Crippen LogP contribution in [0.15, 0.2) is 15.5 Å². The molecule has 0 spiro atoms. The molecule has 0 aliphatic rings. The highest BCUT2D eigenvalue weighted by Gasteiger charge is 2.08. The summed E-state index contributed by atoms with van der Waals surface area (Å²) < 4.78 is 6.84. The number of primary amides is 1. The Labute approximate surface area is 131 Å². The third kappa shape index (κ3) is 6.23. The van der Waals surface area contributed by atoms with Gasteiger partial charge in [-0.15, -0.1) is 0 Å². The van der Waals surface area contributed by atoms with E-state index in [-0.39, 0.29) is 12.2 Å². The van der Waals surface area contributed by atoms with Gasteiger partial charge < -0.3 is 20.7 Å². The number of aromatic nitrogens is 2. The molecule has 0 atom stereocenters. The Hall–Kier alpha value is -1.45. The first-order valence-corrected chi connectivity index (χ1v) is 7.21. The summed E-state index contributed by atoms with van der Waals surface area (Å²) >= 11 is 3.27. The van der Waals surface area contributed by atoms with Crippen LogP contribution >= 0.6 is 15.9 Å². The zero-order valence-corrected chi connectivity index (χ0v) is 13.7. The smallest absolute Gasteiger partial charge is 0.283 e. The number of ether oxygens (including phenoxy) is 1. The third-order valence-electron chi connectivity index (χ3n) is 2.55. The van der Waals surface area contributed by atoms with Crippen LogP contribution in [0.3, 0.4) is 0 Å². The van der Waals surface area contributed by atoms with Crippen LogP contribution in [0.1, 0.15) is 0 Å². The predicted octanol–water partition coefficient (Wildman–Crippen LogP) is -0.519. The van der Waals surface area contributed by atoms with Gasteiger partial charge in [-0.3, -0.25) is 9.59 Å². The van der Waals surface area contributed by atoms with Gasteiger partial charge in [0.15, 0.2) is 0 Å². The summed E-state index contributed by atoms with van der Waals surface area (Å²) in [7, 11) is 3.87. The summed E-state index contributed by atoms with van der Waals surface area (Å²) in [5.41, 5.74) is 5.34. The van der Waals surface area contributed by atoms with Gasteiger partial charge in [-0.25, -0.2) is 4.68 Å². The molecule has 1 aromatic rings. The van der Waals surface area contributed by atoms with E-state index >= 15 is 0 Å². The van der Waals surface area contributed by atoms with Crippen molar-refractivity contribution in [3.63, 3.8) is 0 Å². The minimum atomic E-state index is -0.513. The quantitative estimate of drug-likeness (QED) is 0.574. The number of nitrogens with two attached hydrogens (primary N) is 1. The molecule has 0 saturated carbocycles. The number of hydrogen-bond donors (Lipinski definition) is 2. The number of anilines is 1. The van der Waals surface area contributed by atoms with E-state index in [9.17, 15) is 9.59 Å². The van der Waals surface area contributed by atoms with E-state index in [1.165, 1.54) is 4.68 Å². The lowest BCUT2D eigenvalue weighted by atomic mass is 10.4. The molecule has 0 aliphatic heterocycles. The molecule has 1 rings (SSSR count). The number of likely N-dealkylation sites (N-methyl/N-ethyl adjacent to an activating group) is 1. The topological polar surface area (TPSA) is 102 Å². The molecule has 1 amide bonds. The molecule has 3 N–H and O–H groups in total. The molecule has 9 heteroatoms. The van der Waals surface area contributed by atoms with Crippen LogP contribution in [0.25, 0.3) is 0 Å². The first-order valence-electron chi connectivity index (χ1n) is 6.42. The summed E-state index contributed by atoms with van der Waals surface area (Å²) in [5, 5.41) is 7.12. The number of hydrogen-bond acceptors (Lipinski definition) is 6. The average molecular weight is 362 g/mol. The van der Waals surface area contributed by atoms with Crippen LogP contribution in [-0.4, -0.2) is 61.0 Å². The molecule has 21 heavy (non-hydrogen) atoms. The van der Waals surface area contributed by atoms with Gasteiger partial charge in [0.05, 0.1) is 25.0 Å². The molecule has 1 aromatic heterocycles. The van der Waals surface area contributed by atoms with E-state index in [1.807, 2.05) is 19.0 Å². The van der Waals surface area contributed by atoms with Crippen molar-refractivity contribution >= 4 is 27.5 Å². The number of carbonyl (C=O) groups excluding carboxylic acids is 1. The molecular formula is C12H20BrN5O3. The first kappa shape index (κ1) is 17.6. The minimum absolute atomic E-state index is 0.118. The molecule has 8 nitrogen and oxygen atoms in total. The molecule has 0 fully saturated rings. The van der Waals surface area contributed by atoms with Crippen molar-refractivity contribution in [3.8, 4) is 0 Å². The summed E-state index contributed by atoms with van der Waals surface area (Å²) in [6.45, 7) is 1.88. The van der Waals surface area contributed by atoms with Crippen molar-refractivity contribution in [3.05, 3.63) is 21.0 Å². The monoisotopic (exact) mass is 361 g/mol. The Morgan fingerprint density at radius 1 is 1.57 bits per heavy atom. The molecule has 0 bridgehead atoms. The minimum Gasteiger partial charge on any atom is -0.380 e. The second-order valence-corrected chi connectivity index (χ2v) is 5.44. The summed E-state index contributed by atoms with van der Waals surface area (Å²) in [4.78, 5) is 24.5. The zero-order valence-electron chi connectivity index (χ0n) is 12.1. The normalized spacial score (nSPS) is 10.9. The lowest BCUT2D eigenvalue weighted by Crippen LogP contribution is -2.29. The number of rotatable bonds is 9.